The number of nitrogens with one attached hydrogen (secondary N) is 2. The summed E-state index contributed by atoms with van der Waals surface area (Å²) in [4.78, 5) is 26.9. The number of nitrogens with two attached hydrogens (primary N) is 1. The molecule has 0 heterocycles. The number of carbonyl (C=O) groups excluding carboxylic acids is 2. The van der Waals surface area contributed by atoms with Crippen molar-refractivity contribution in [2.24, 2.45) is 33.0 Å². The van der Waals surface area contributed by atoms with Crippen molar-refractivity contribution in [2.75, 3.05) is 6.54 Å². The van der Waals surface area contributed by atoms with Crippen molar-refractivity contribution in [3.63, 3.8) is 0 Å². The van der Waals surface area contributed by atoms with Crippen LogP contribution in [0.2, 0.25) is 0 Å². The van der Waals surface area contributed by atoms with Crippen LogP contribution in [0.1, 0.15) is 22.3 Å². The lowest BCUT2D eigenvalue weighted by molar-refractivity contribution is -0.123. The van der Waals surface area contributed by atoms with Crippen LogP contribution in [0, 0.1) is 17.2 Å². The fourth-order valence-corrected chi connectivity index (χ4v) is 2.86. The van der Waals surface area contributed by atoms with E-state index in [4.69, 9.17) is 16.8 Å². The van der Waals surface area contributed by atoms with Crippen molar-refractivity contribution in [1.82, 2.24) is 5.43 Å². The summed E-state index contributed by atoms with van der Waals surface area (Å²) in [6, 6.07) is 15.7. The number of aryl methyl sites for hydroxylation is 1. The predicted octanol–water partition coefficient (Wildman–Crippen LogP) is 3.73. The van der Waals surface area contributed by atoms with Crippen LogP contribution < -0.4 is 11.3 Å². The molecule has 0 aromatic heterocycles. The largest absolute Gasteiger partial charge is 0.313 e. The third kappa shape index (κ3) is 6.62. The van der Waals surface area contributed by atoms with E-state index in [-0.39, 0.29) is 6.54 Å². The molecule has 2 aromatic carbocycles. The lowest BCUT2D eigenvalue weighted by Crippen LogP contribution is -2.29. The van der Waals surface area contributed by atoms with Crippen molar-refractivity contribution in [1.29, 1.82) is 5.41 Å². The van der Waals surface area contributed by atoms with E-state index >= 15 is 0 Å². The minimum atomic E-state index is -0.653. The van der Waals surface area contributed by atoms with Crippen LogP contribution in [0.15, 0.2) is 69.9 Å². The predicted molar refractivity (Wildman–Crippen MR) is 112 cm³/mol. The normalized spacial score (nSPS) is 12.6. The van der Waals surface area contributed by atoms with Crippen molar-refractivity contribution in [2.45, 2.75) is 12.8 Å². The molecule has 0 bridgehead atoms. The van der Waals surface area contributed by atoms with E-state index in [9.17, 15) is 9.59 Å². The third-order valence-corrected chi connectivity index (χ3v) is 4.52. The van der Waals surface area contributed by atoms with Gasteiger partial charge in [-0.05, 0) is 54.4 Å². The van der Waals surface area contributed by atoms with Crippen LogP contribution >= 0.6 is 0 Å². The Morgan fingerprint density at radius 1 is 1.17 bits per heavy atom. The number of nitrogens with zero attached hydrogens (tertiary/aromatic N) is 5. The van der Waals surface area contributed by atoms with Gasteiger partial charge in [0.1, 0.15) is 0 Å². The Bertz CT molecular complexity index is 937. The Kier molecular flexibility index (Phi) is 8.85. The quantitative estimate of drug-likeness (QED) is 0.104. The summed E-state index contributed by atoms with van der Waals surface area (Å²) in [6.45, 7) is -0.0103. The molecule has 10 nitrogen and oxygen atoms in total. The van der Waals surface area contributed by atoms with Gasteiger partial charge in [-0.1, -0.05) is 35.4 Å². The second kappa shape index (κ2) is 11.8. The fraction of sp³-hybridized carbons (Fsp3) is 0.250. The standard InChI is InChI=1S/C20H22N8O2/c21-12-16(13-24-28-23)18(11-6-14-4-2-1-3-5-14)20(30)27-26-17-9-7-15(8-10-17)19(29)25-22/h1-5,7-10,12,16,18,21H,6,11,13,22H2,(H,25,29). The molecule has 4 N–H and O–H groups in total. The van der Waals surface area contributed by atoms with Crippen LogP contribution in [0.4, 0.5) is 5.69 Å². The zero-order valence-electron chi connectivity index (χ0n) is 16.2. The molecule has 2 unspecified atom stereocenters. The molecule has 0 aliphatic rings. The minimum Gasteiger partial charge on any atom is -0.313 e. The highest BCUT2D eigenvalue weighted by atomic mass is 16.2. The number of rotatable bonds is 10. The molecule has 2 aromatic rings. The molecule has 0 spiro atoms. The van der Waals surface area contributed by atoms with Crippen molar-refractivity contribution in [3.8, 4) is 0 Å². The average Bonchev–Trinajstić information content (AvgIpc) is 2.80. The summed E-state index contributed by atoms with van der Waals surface area (Å²) in [5, 5.41) is 18.9. The van der Waals surface area contributed by atoms with Gasteiger partial charge in [-0.15, -0.1) is 10.2 Å². The van der Waals surface area contributed by atoms with Crippen molar-refractivity contribution < 1.29 is 9.59 Å². The molecule has 0 fully saturated rings. The highest BCUT2D eigenvalue weighted by molar-refractivity contribution is 5.94. The highest BCUT2D eigenvalue weighted by Crippen LogP contribution is 2.22. The number of azide groups is 1. The number of hydrogen-bond acceptors (Lipinski definition) is 6. The Labute approximate surface area is 173 Å². The molecule has 0 saturated heterocycles. The summed E-state index contributed by atoms with van der Waals surface area (Å²) < 4.78 is 0. The Morgan fingerprint density at radius 2 is 1.87 bits per heavy atom. The number of nitrogen functional groups attached to an aromatic ring is 1. The number of amides is 2. The number of azo groups is 1. The maximum absolute atomic E-state index is 12.7. The van der Waals surface area contributed by atoms with Crippen LogP contribution in [-0.4, -0.2) is 24.6 Å². The molecule has 0 radical (unpaired) electrons. The molecular weight excluding hydrogens is 384 g/mol. The van der Waals surface area contributed by atoms with Crippen LogP contribution in [0.25, 0.3) is 10.4 Å². The smallest absolute Gasteiger partial charge is 0.268 e. The zero-order chi connectivity index (χ0) is 21.8. The van der Waals surface area contributed by atoms with Crippen LogP contribution in [0.5, 0.6) is 0 Å². The lowest BCUT2D eigenvalue weighted by Gasteiger charge is -2.19. The van der Waals surface area contributed by atoms with E-state index in [1.807, 2.05) is 35.8 Å². The van der Waals surface area contributed by atoms with Gasteiger partial charge in [0, 0.05) is 22.9 Å². The topological polar surface area (TPSA) is 170 Å². The van der Waals surface area contributed by atoms with E-state index in [2.05, 4.69) is 20.3 Å². The molecule has 2 rings (SSSR count). The fourth-order valence-electron chi connectivity index (χ4n) is 2.86. The first-order valence-electron chi connectivity index (χ1n) is 9.21. The first-order chi connectivity index (χ1) is 14.6. The molecule has 2 atom stereocenters. The molecule has 10 heteroatoms. The van der Waals surface area contributed by atoms with Crippen LogP contribution in [0.3, 0.4) is 0 Å². The van der Waals surface area contributed by atoms with Gasteiger partial charge in [-0.3, -0.25) is 15.0 Å². The van der Waals surface area contributed by atoms with E-state index in [1.165, 1.54) is 24.3 Å². The summed E-state index contributed by atoms with van der Waals surface area (Å²) >= 11 is 0. The number of hydrazine groups is 1. The van der Waals surface area contributed by atoms with Gasteiger partial charge >= 0.3 is 0 Å². The zero-order valence-corrected chi connectivity index (χ0v) is 16.2. The van der Waals surface area contributed by atoms with E-state index in [0.29, 0.717) is 24.1 Å². The SMILES string of the molecule is [N-]=[N+]=NCC(C=N)C(CCc1ccccc1)C(=O)N=Nc1ccc(C(=O)NN)cc1. The summed E-state index contributed by atoms with van der Waals surface area (Å²) in [5.74, 6) is 2.91. The molecule has 2 amide bonds. The first kappa shape index (κ1) is 22.4. The van der Waals surface area contributed by atoms with E-state index in [1.54, 1.807) is 0 Å². The van der Waals surface area contributed by atoms with Gasteiger partial charge in [-0.2, -0.15) is 0 Å². The summed E-state index contributed by atoms with van der Waals surface area (Å²) in [6.07, 6.45) is 2.15. The van der Waals surface area contributed by atoms with E-state index < -0.39 is 23.7 Å². The van der Waals surface area contributed by atoms with Gasteiger partial charge in [0.2, 0.25) is 0 Å². The molecule has 0 saturated carbocycles. The lowest BCUT2D eigenvalue weighted by atomic mass is 9.87. The number of hydrogen-bond donors (Lipinski definition) is 3. The van der Waals surface area contributed by atoms with E-state index in [0.717, 1.165) is 11.8 Å². The monoisotopic (exact) mass is 406 g/mol. The molecule has 154 valence electrons. The maximum atomic E-state index is 12.7. The Balaban J connectivity index is 2.15. The number of benzene rings is 2. The molecule has 0 aliphatic carbocycles. The second-order valence-corrected chi connectivity index (χ2v) is 6.43. The van der Waals surface area contributed by atoms with Gasteiger partial charge in [0.15, 0.2) is 0 Å². The molecule has 30 heavy (non-hydrogen) atoms. The third-order valence-electron chi connectivity index (χ3n) is 4.52. The Morgan fingerprint density at radius 3 is 2.47 bits per heavy atom. The maximum Gasteiger partial charge on any atom is 0.268 e. The minimum absolute atomic E-state index is 0.0103. The van der Waals surface area contributed by atoms with Gasteiger partial charge in [-0.25, -0.2) is 5.84 Å². The summed E-state index contributed by atoms with van der Waals surface area (Å²) in [5.41, 5.74) is 12.4. The van der Waals surface area contributed by atoms with Gasteiger partial charge in [0.25, 0.3) is 11.8 Å². The Hall–Kier alpha value is -3.88. The molecule has 0 aliphatic heterocycles. The summed E-state index contributed by atoms with van der Waals surface area (Å²) in [7, 11) is 0. The average molecular weight is 406 g/mol. The van der Waals surface area contributed by atoms with Crippen molar-refractivity contribution in [3.05, 3.63) is 76.2 Å². The van der Waals surface area contributed by atoms with Crippen LogP contribution in [-0.2, 0) is 11.2 Å². The highest BCUT2D eigenvalue weighted by Gasteiger charge is 2.26. The van der Waals surface area contributed by atoms with Crippen molar-refractivity contribution >= 4 is 23.7 Å². The van der Waals surface area contributed by atoms with Gasteiger partial charge in [0.05, 0.1) is 11.6 Å². The molecular formula is C20H22N8O2. The number of carbonyl (C=O) groups is 2. The second-order valence-electron chi connectivity index (χ2n) is 6.43. The first-order valence-corrected chi connectivity index (χ1v) is 9.21. The van der Waals surface area contributed by atoms with Gasteiger partial charge < -0.3 is 5.41 Å².